The van der Waals surface area contributed by atoms with Crippen molar-refractivity contribution in [1.29, 1.82) is 5.26 Å². The fourth-order valence-electron chi connectivity index (χ4n) is 1.50. The van der Waals surface area contributed by atoms with Crippen LogP contribution in [0.3, 0.4) is 0 Å². The Morgan fingerprint density at radius 3 is 2.81 bits per heavy atom. The van der Waals surface area contributed by atoms with Crippen molar-refractivity contribution in [2.45, 2.75) is 13.0 Å². The van der Waals surface area contributed by atoms with E-state index in [1.165, 1.54) is 0 Å². The molecular weight excluding hydrogens is 284 g/mol. The number of hydrogen-bond acceptors (Lipinski definition) is 3. The molecule has 1 aromatic carbocycles. The highest BCUT2D eigenvalue weighted by Crippen LogP contribution is 2.25. The van der Waals surface area contributed by atoms with E-state index in [0.29, 0.717) is 11.6 Å². The summed E-state index contributed by atoms with van der Waals surface area (Å²) in [7, 11) is 2.03. The van der Waals surface area contributed by atoms with Crippen LogP contribution in [-0.4, -0.2) is 25.1 Å². The van der Waals surface area contributed by atoms with Gasteiger partial charge in [-0.1, -0.05) is 15.9 Å². The molecule has 0 radical (unpaired) electrons. The molecule has 16 heavy (non-hydrogen) atoms. The zero-order valence-electron chi connectivity index (χ0n) is 9.70. The zero-order valence-corrected chi connectivity index (χ0v) is 12.1. The highest BCUT2D eigenvalue weighted by atomic mass is 79.9. The molecule has 0 aliphatic heterocycles. The summed E-state index contributed by atoms with van der Waals surface area (Å²) in [5.74, 6) is 1.05. The molecule has 1 rings (SSSR count). The topological polar surface area (TPSA) is 27.0 Å². The molecule has 0 fully saturated rings. The summed E-state index contributed by atoms with van der Waals surface area (Å²) in [6, 6.07) is 8.47. The van der Waals surface area contributed by atoms with Crippen LogP contribution in [0.25, 0.3) is 0 Å². The second-order valence-corrected chi connectivity index (χ2v) is 5.51. The van der Waals surface area contributed by atoms with Crippen molar-refractivity contribution >= 4 is 33.4 Å². The number of halogens is 1. The van der Waals surface area contributed by atoms with Gasteiger partial charge in [-0.05, 0) is 31.4 Å². The third-order valence-electron chi connectivity index (χ3n) is 2.53. The first-order chi connectivity index (χ1) is 7.60. The predicted octanol–water partition coefficient (Wildman–Crippen LogP) is 3.51. The molecule has 4 heteroatoms. The Labute approximate surface area is 110 Å². The van der Waals surface area contributed by atoms with Gasteiger partial charge in [0.2, 0.25) is 0 Å². The van der Waals surface area contributed by atoms with Crippen LogP contribution in [0.5, 0.6) is 0 Å². The first-order valence-corrected chi connectivity index (χ1v) is 7.20. The number of hydrogen-bond donors (Lipinski definition) is 0. The van der Waals surface area contributed by atoms with Crippen molar-refractivity contribution in [3.63, 3.8) is 0 Å². The molecule has 1 atom stereocenters. The van der Waals surface area contributed by atoms with Gasteiger partial charge in [0.15, 0.2) is 0 Å². The quantitative estimate of drug-likeness (QED) is 0.851. The van der Waals surface area contributed by atoms with E-state index in [1.54, 1.807) is 0 Å². The first kappa shape index (κ1) is 13.4. The Morgan fingerprint density at radius 2 is 2.25 bits per heavy atom. The minimum atomic E-state index is 0.420. The molecule has 1 unspecified atom stereocenters. The molecule has 2 nitrogen and oxygen atoms in total. The Bertz CT molecular complexity index is 400. The minimum absolute atomic E-state index is 0.420. The van der Waals surface area contributed by atoms with Crippen LogP contribution in [0.1, 0.15) is 12.5 Å². The maximum atomic E-state index is 9.10. The third-order valence-corrected chi connectivity index (χ3v) is 3.84. The Balaban J connectivity index is 2.99. The van der Waals surface area contributed by atoms with Gasteiger partial charge in [0, 0.05) is 23.3 Å². The number of benzene rings is 1. The fraction of sp³-hybridized carbons (Fsp3) is 0.417. The Kier molecular flexibility index (Phi) is 5.17. The van der Waals surface area contributed by atoms with E-state index in [1.807, 2.05) is 37.0 Å². The molecule has 0 bridgehead atoms. The van der Waals surface area contributed by atoms with Gasteiger partial charge in [0.25, 0.3) is 0 Å². The van der Waals surface area contributed by atoms with Crippen LogP contribution in [0, 0.1) is 11.3 Å². The van der Waals surface area contributed by atoms with E-state index in [0.717, 1.165) is 15.9 Å². The molecule has 0 N–H and O–H groups in total. The van der Waals surface area contributed by atoms with E-state index >= 15 is 0 Å². The molecule has 0 saturated heterocycles. The van der Waals surface area contributed by atoms with Crippen molar-refractivity contribution in [2.75, 3.05) is 24.0 Å². The van der Waals surface area contributed by atoms with Crippen LogP contribution in [0.15, 0.2) is 22.7 Å². The van der Waals surface area contributed by atoms with Gasteiger partial charge in [0.05, 0.1) is 11.3 Å². The number of thioether (sulfide) groups is 1. The molecule has 0 spiro atoms. The molecule has 0 aliphatic rings. The smallest absolute Gasteiger partial charge is 0.101 e. The SMILES string of the molecule is CSCC(C)N(C)c1ccc(Br)cc1C#N. The standard InChI is InChI=1S/C12H15BrN2S/c1-9(8-16-3)15(2)12-5-4-11(13)6-10(12)7-14/h4-6,9H,8H2,1-3H3. The first-order valence-electron chi connectivity index (χ1n) is 5.01. The van der Waals surface area contributed by atoms with Crippen molar-refractivity contribution in [2.24, 2.45) is 0 Å². The summed E-state index contributed by atoms with van der Waals surface area (Å²) < 4.78 is 0.943. The number of anilines is 1. The van der Waals surface area contributed by atoms with Crippen LogP contribution in [0.4, 0.5) is 5.69 Å². The highest BCUT2D eigenvalue weighted by Gasteiger charge is 2.13. The van der Waals surface area contributed by atoms with Gasteiger partial charge < -0.3 is 4.90 Å². The average molecular weight is 299 g/mol. The minimum Gasteiger partial charge on any atom is -0.370 e. The van der Waals surface area contributed by atoms with Crippen LogP contribution in [0.2, 0.25) is 0 Å². The van der Waals surface area contributed by atoms with Crippen molar-refractivity contribution in [1.82, 2.24) is 0 Å². The lowest BCUT2D eigenvalue weighted by molar-refractivity contribution is 0.764. The summed E-state index contributed by atoms with van der Waals surface area (Å²) in [6.07, 6.45) is 2.09. The molecule has 0 saturated carbocycles. The van der Waals surface area contributed by atoms with E-state index in [-0.39, 0.29) is 0 Å². The van der Waals surface area contributed by atoms with Crippen molar-refractivity contribution in [3.8, 4) is 6.07 Å². The Hall–Kier alpha value is -0.660. The highest BCUT2D eigenvalue weighted by molar-refractivity contribution is 9.10. The van der Waals surface area contributed by atoms with Crippen molar-refractivity contribution in [3.05, 3.63) is 28.2 Å². The van der Waals surface area contributed by atoms with E-state index < -0.39 is 0 Å². The van der Waals surface area contributed by atoms with Gasteiger partial charge in [-0.25, -0.2) is 0 Å². The molecule has 0 aromatic heterocycles. The van der Waals surface area contributed by atoms with Crippen LogP contribution < -0.4 is 4.90 Å². The Morgan fingerprint density at radius 1 is 1.56 bits per heavy atom. The predicted molar refractivity (Wildman–Crippen MR) is 75.1 cm³/mol. The lowest BCUT2D eigenvalue weighted by Gasteiger charge is -2.27. The summed E-state index contributed by atoms with van der Waals surface area (Å²) in [5.41, 5.74) is 1.71. The summed E-state index contributed by atoms with van der Waals surface area (Å²) in [5, 5.41) is 9.10. The van der Waals surface area contributed by atoms with Gasteiger partial charge in [-0.2, -0.15) is 17.0 Å². The fourth-order valence-corrected chi connectivity index (χ4v) is 2.56. The number of rotatable bonds is 4. The maximum Gasteiger partial charge on any atom is 0.101 e. The summed E-state index contributed by atoms with van der Waals surface area (Å²) in [4.78, 5) is 2.15. The van der Waals surface area contributed by atoms with Crippen LogP contribution >= 0.6 is 27.7 Å². The van der Waals surface area contributed by atoms with Gasteiger partial charge in [0.1, 0.15) is 6.07 Å². The summed E-state index contributed by atoms with van der Waals surface area (Å²) in [6.45, 7) is 2.17. The van der Waals surface area contributed by atoms with E-state index in [9.17, 15) is 0 Å². The average Bonchev–Trinajstić information content (AvgIpc) is 2.28. The van der Waals surface area contributed by atoms with Crippen LogP contribution in [-0.2, 0) is 0 Å². The lowest BCUT2D eigenvalue weighted by Crippen LogP contribution is -2.31. The summed E-state index contributed by atoms with van der Waals surface area (Å²) >= 11 is 5.20. The molecular formula is C12H15BrN2S. The monoisotopic (exact) mass is 298 g/mol. The van der Waals surface area contributed by atoms with Gasteiger partial charge >= 0.3 is 0 Å². The van der Waals surface area contributed by atoms with Gasteiger partial charge in [-0.15, -0.1) is 0 Å². The number of nitrogens with zero attached hydrogens (tertiary/aromatic N) is 2. The maximum absolute atomic E-state index is 9.10. The zero-order chi connectivity index (χ0) is 12.1. The number of nitriles is 1. The molecule has 0 heterocycles. The molecule has 0 aliphatic carbocycles. The normalized spacial score (nSPS) is 11.9. The molecule has 1 aromatic rings. The second kappa shape index (κ2) is 6.17. The van der Waals surface area contributed by atoms with E-state index in [4.69, 9.17) is 5.26 Å². The molecule has 0 amide bonds. The third kappa shape index (κ3) is 3.16. The molecule has 86 valence electrons. The van der Waals surface area contributed by atoms with E-state index in [2.05, 4.69) is 40.1 Å². The van der Waals surface area contributed by atoms with Gasteiger partial charge in [-0.3, -0.25) is 0 Å². The second-order valence-electron chi connectivity index (χ2n) is 3.69. The largest absolute Gasteiger partial charge is 0.370 e. The lowest BCUT2D eigenvalue weighted by atomic mass is 10.1. The van der Waals surface area contributed by atoms with Crippen molar-refractivity contribution < 1.29 is 0 Å².